The van der Waals surface area contributed by atoms with Gasteiger partial charge in [-0.05, 0) is 60.0 Å². The number of pyridine rings is 1. The molecular weight excluding hydrogens is 561 g/mol. The summed E-state index contributed by atoms with van der Waals surface area (Å²) in [6.07, 6.45) is -8.63. The summed E-state index contributed by atoms with van der Waals surface area (Å²) in [5.41, 5.74) is -3.88. The van der Waals surface area contributed by atoms with Crippen LogP contribution in [0.3, 0.4) is 0 Å². The van der Waals surface area contributed by atoms with Crippen molar-refractivity contribution in [2.45, 2.75) is 31.2 Å². The molecule has 1 unspecified atom stereocenters. The van der Waals surface area contributed by atoms with Crippen molar-refractivity contribution in [3.63, 3.8) is 0 Å². The molecule has 0 aliphatic carbocycles. The van der Waals surface area contributed by atoms with Crippen LogP contribution in [0.5, 0.6) is 0 Å². The molecule has 0 bridgehead atoms. The first-order chi connectivity index (χ1) is 18.7. The van der Waals surface area contributed by atoms with Crippen LogP contribution in [0, 0.1) is 12.7 Å². The third-order valence-electron chi connectivity index (χ3n) is 6.29. The number of benzene rings is 3. The zero-order valence-corrected chi connectivity index (χ0v) is 21.4. The Morgan fingerprint density at radius 1 is 0.850 bits per heavy atom. The van der Waals surface area contributed by atoms with Crippen molar-refractivity contribution in [3.05, 3.63) is 135 Å². The lowest BCUT2D eigenvalue weighted by Crippen LogP contribution is -2.49. The van der Waals surface area contributed by atoms with Gasteiger partial charge in [-0.3, -0.25) is 9.78 Å². The Hall–Kier alpha value is -3.92. The lowest BCUT2D eigenvalue weighted by Gasteiger charge is -2.36. The highest BCUT2D eigenvalue weighted by Gasteiger charge is 2.42. The summed E-state index contributed by atoms with van der Waals surface area (Å²) >= 11 is 5.87. The van der Waals surface area contributed by atoms with Gasteiger partial charge in [-0.25, -0.2) is 4.39 Å². The number of alkyl halides is 6. The lowest BCUT2D eigenvalue weighted by atomic mass is 9.79. The molecule has 4 rings (SSSR count). The van der Waals surface area contributed by atoms with Gasteiger partial charge in [-0.2, -0.15) is 26.3 Å². The number of amides is 1. The topological polar surface area (TPSA) is 42.0 Å². The summed E-state index contributed by atoms with van der Waals surface area (Å²) < 4.78 is 95.7. The number of nitrogens with zero attached hydrogens (tertiary/aromatic N) is 1. The molecule has 208 valence electrons. The second-order valence-corrected chi connectivity index (χ2v) is 9.53. The maximum Gasteiger partial charge on any atom is 0.419 e. The smallest absolute Gasteiger partial charge is 0.337 e. The van der Waals surface area contributed by atoms with Crippen LogP contribution < -0.4 is 5.32 Å². The van der Waals surface area contributed by atoms with E-state index in [0.29, 0.717) is 23.3 Å². The molecule has 1 aromatic heterocycles. The van der Waals surface area contributed by atoms with Crippen molar-refractivity contribution >= 4 is 17.5 Å². The Bertz CT molecular complexity index is 1520. The molecule has 1 N–H and O–H groups in total. The Morgan fingerprint density at radius 2 is 1.52 bits per heavy atom. The van der Waals surface area contributed by atoms with E-state index in [2.05, 4.69) is 10.3 Å². The molecular formula is C29H20ClF7N2O. The lowest BCUT2D eigenvalue weighted by molar-refractivity contribution is -0.140. The van der Waals surface area contributed by atoms with Crippen LogP contribution in [0.2, 0.25) is 5.02 Å². The Balaban J connectivity index is 1.97. The minimum atomic E-state index is -5.09. The maximum atomic E-state index is 13.9. The van der Waals surface area contributed by atoms with Gasteiger partial charge in [0.2, 0.25) is 0 Å². The molecule has 1 amide bonds. The van der Waals surface area contributed by atoms with Crippen LogP contribution >= 0.6 is 11.6 Å². The summed E-state index contributed by atoms with van der Waals surface area (Å²) in [7, 11) is 0. The summed E-state index contributed by atoms with van der Waals surface area (Å²) in [5.74, 6) is -2.67. The van der Waals surface area contributed by atoms with Gasteiger partial charge in [0.1, 0.15) is 11.4 Å². The number of hydrogen-bond acceptors (Lipinski definition) is 2. The number of aromatic nitrogens is 1. The Morgan fingerprint density at radius 3 is 2.12 bits per heavy atom. The number of carbonyl (C=O) groups excluding carboxylic acids is 1. The van der Waals surface area contributed by atoms with Crippen LogP contribution in [0.1, 0.15) is 43.9 Å². The van der Waals surface area contributed by atoms with E-state index in [1.807, 2.05) is 0 Å². The molecule has 4 aromatic rings. The number of nitrogens with one attached hydrogen (secondary N) is 1. The molecule has 1 heterocycles. The van der Waals surface area contributed by atoms with E-state index >= 15 is 0 Å². The standard InChI is InChI=1S/C29H20ClF7N2O/c1-17-7-12-25(38-16-17)27(15-18-5-3-2-4-6-18,20-9-10-23(30)21(14-20)28(32,33)34)39-26(40)19-8-11-24(31)22(13-19)29(35,36)37/h2-14,16H,15H2,1H3,(H,39,40). The van der Waals surface area contributed by atoms with Crippen LogP contribution in [0.4, 0.5) is 30.7 Å². The molecule has 0 aliphatic rings. The van der Waals surface area contributed by atoms with Crippen molar-refractivity contribution < 1.29 is 35.5 Å². The molecule has 0 saturated heterocycles. The van der Waals surface area contributed by atoms with Crippen molar-refractivity contribution in [1.29, 1.82) is 0 Å². The van der Waals surface area contributed by atoms with Crippen molar-refractivity contribution in [2.24, 2.45) is 0 Å². The van der Waals surface area contributed by atoms with Gasteiger partial charge in [0.05, 0.1) is 21.8 Å². The molecule has 11 heteroatoms. The zero-order chi connectivity index (χ0) is 29.3. The van der Waals surface area contributed by atoms with Gasteiger partial charge >= 0.3 is 12.4 Å². The molecule has 0 aliphatic heterocycles. The number of halogens is 8. The van der Waals surface area contributed by atoms with E-state index in [-0.39, 0.29) is 17.7 Å². The number of hydrogen-bond donors (Lipinski definition) is 1. The molecule has 0 saturated carbocycles. The van der Waals surface area contributed by atoms with E-state index in [1.54, 1.807) is 43.3 Å². The summed E-state index contributed by atoms with van der Waals surface area (Å²) in [6.45, 7) is 1.73. The van der Waals surface area contributed by atoms with Gasteiger partial charge in [0.15, 0.2) is 0 Å². The monoisotopic (exact) mass is 580 g/mol. The Kier molecular flexibility index (Phi) is 7.94. The van der Waals surface area contributed by atoms with Crippen LogP contribution in [-0.4, -0.2) is 10.9 Å². The quantitative estimate of drug-likeness (QED) is 0.234. The highest BCUT2D eigenvalue weighted by molar-refractivity contribution is 6.31. The second-order valence-electron chi connectivity index (χ2n) is 9.13. The van der Waals surface area contributed by atoms with Crippen LogP contribution in [0.15, 0.2) is 85.1 Å². The summed E-state index contributed by atoms with van der Waals surface area (Å²) in [5, 5.41) is 2.06. The van der Waals surface area contributed by atoms with Gasteiger partial charge in [0.25, 0.3) is 5.91 Å². The highest BCUT2D eigenvalue weighted by atomic mass is 35.5. The average molecular weight is 581 g/mol. The predicted molar refractivity (Wildman–Crippen MR) is 135 cm³/mol. The average Bonchev–Trinajstić information content (AvgIpc) is 2.88. The van der Waals surface area contributed by atoms with Crippen molar-refractivity contribution in [2.75, 3.05) is 0 Å². The number of rotatable bonds is 6. The SMILES string of the molecule is Cc1ccc(C(Cc2ccccc2)(NC(=O)c2ccc(F)c(C(F)(F)F)c2)c2ccc(Cl)c(C(F)(F)F)c2)nc1. The molecule has 1 atom stereocenters. The van der Waals surface area contributed by atoms with Crippen molar-refractivity contribution in [3.8, 4) is 0 Å². The fourth-order valence-electron chi connectivity index (χ4n) is 4.30. The van der Waals surface area contributed by atoms with Gasteiger partial charge < -0.3 is 5.32 Å². The first-order valence-corrected chi connectivity index (χ1v) is 12.1. The van der Waals surface area contributed by atoms with E-state index in [1.165, 1.54) is 18.3 Å². The van der Waals surface area contributed by atoms with Crippen molar-refractivity contribution in [1.82, 2.24) is 10.3 Å². The fourth-order valence-corrected chi connectivity index (χ4v) is 4.53. The second kappa shape index (κ2) is 10.9. The minimum absolute atomic E-state index is 0.0732. The van der Waals surface area contributed by atoms with E-state index < -0.39 is 51.3 Å². The van der Waals surface area contributed by atoms with E-state index in [4.69, 9.17) is 11.6 Å². The van der Waals surface area contributed by atoms with Crippen LogP contribution in [0.25, 0.3) is 0 Å². The first-order valence-electron chi connectivity index (χ1n) is 11.7. The highest BCUT2D eigenvalue weighted by Crippen LogP contribution is 2.40. The summed E-state index contributed by atoms with van der Waals surface area (Å²) in [4.78, 5) is 17.9. The maximum absolute atomic E-state index is 13.9. The van der Waals surface area contributed by atoms with Gasteiger partial charge in [0, 0.05) is 18.2 Å². The van der Waals surface area contributed by atoms with Gasteiger partial charge in [-0.15, -0.1) is 0 Å². The first kappa shape index (κ1) is 29.1. The molecule has 0 spiro atoms. The van der Waals surface area contributed by atoms with E-state index in [0.717, 1.165) is 18.2 Å². The predicted octanol–water partition coefficient (Wildman–Crippen LogP) is 8.14. The molecule has 0 fully saturated rings. The Labute approximate surface area is 229 Å². The van der Waals surface area contributed by atoms with Gasteiger partial charge in [-0.1, -0.05) is 54.1 Å². The largest absolute Gasteiger partial charge is 0.419 e. The number of aryl methyl sites for hydroxylation is 1. The molecule has 3 nitrogen and oxygen atoms in total. The molecule has 40 heavy (non-hydrogen) atoms. The molecule has 3 aromatic carbocycles. The minimum Gasteiger partial charge on any atom is -0.337 e. The molecule has 0 radical (unpaired) electrons. The third kappa shape index (κ3) is 6.12. The summed E-state index contributed by atoms with van der Waals surface area (Å²) in [6, 6.07) is 16.4. The van der Waals surface area contributed by atoms with Crippen LogP contribution in [-0.2, 0) is 24.3 Å². The third-order valence-corrected chi connectivity index (χ3v) is 6.62. The fraction of sp³-hybridized carbons (Fsp3) is 0.172. The normalized spacial score (nSPS) is 13.5. The zero-order valence-electron chi connectivity index (χ0n) is 20.7. The number of carbonyl (C=O) groups is 1. The van der Waals surface area contributed by atoms with E-state index in [9.17, 15) is 35.5 Å².